The van der Waals surface area contributed by atoms with E-state index >= 15 is 0 Å². The Labute approximate surface area is 95.6 Å². The molecule has 0 aliphatic carbocycles. The molecular weight excluding hydrogens is 226 g/mol. The molecule has 0 saturated heterocycles. The highest BCUT2D eigenvalue weighted by Crippen LogP contribution is 2.18. The van der Waals surface area contributed by atoms with Gasteiger partial charge in [-0.05, 0) is 26.0 Å². The first-order chi connectivity index (χ1) is 7.25. The predicted molar refractivity (Wildman–Crippen MR) is 64.0 cm³/mol. The number of rotatable bonds is 3. The molecule has 0 spiro atoms. The first kappa shape index (κ1) is 12.7. The monoisotopic (exact) mass is 241 g/mol. The summed E-state index contributed by atoms with van der Waals surface area (Å²) in [5.41, 5.74) is 0.587. The van der Waals surface area contributed by atoms with Crippen LogP contribution in [-0.4, -0.2) is 25.3 Å². The van der Waals surface area contributed by atoms with Crippen LogP contribution in [0.25, 0.3) is 0 Å². The Morgan fingerprint density at radius 2 is 1.69 bits per heavy atom. The van der Waals surface area contributed by atoms with E-state index < -0.39 is 20.5 Å². The summed E-state index contributed by atoms with van der Waals surface area (Å²) in [6.07, 6.45) is 1.05. The van der Waals surface area contributed by atoms with Crippen molar-refractivity contribution in [2.75, 3.05) is 11.6 Å². The van der Waals surface area contributed by atoms with E-state index in [1.807, 2.05) is 6.07 Å². The van der Waals surface area contributed by atoms with Gasteiger partial charge in [-0.3, -0.25) is 4.79 Å². The van der Waals surface area contributed by atoms with Crippen LogP contribution in [0, 0.1) is 0 Å². The van der Waals surface area contributed by atoms with Crippen molar-refractivity contribution in [3.63, 3.8) is 0 Å². The second kappa shape index (κ2) is 4.25. The van der Waals surface area contributed by atoms with Gasteiger partial charge in [-0.25, -0.2) is 8.42 Å². The van der Waals surface area contributed by atoms with Crippen LogP contribution < -0.4 is 5.32 Å². The number of carbonyl (C=O) groups is 1. The van der Waals surface area contributed by atoms with Crippen LogP contribution >= 0.6 is 0 Å². The van der Waals surface area contributed by atoms with Gasteiger partial charge in [0.15, 0.2) is 9.84 Å². The maximum absolute atomic E-state index is 11.8. The van der Waals surface area contributed by atoms with Gasteiger partial charge < -0.3 is 5.32 Å². The van der Waals surface area contributed by atoms with Crippen molar-refractivity contribution < 1.29 is 13.2 Å². The average Bonchev–Trinajstić information content (AvgIpc) is 2.17. The first-order valence-electron chi connectivity index (χ1n) is 4.81. The van der Waals surface area contributed by atoms with E-state index in [-0.39, 0.29) is 0 Å². The number of amides is 1. The summed E-state index contributed by atoms with van der Waals surface area (Å²) in [5.74, 6) is -0.527. The lowest BCUT2D eigenvalue weighted by molar-refractivity contribution is -0.117. The van der Waals surface area contributed by atoms with Crippen molar-refractivity contribution in [1.29, 1.82) is 0 Å². The summed E-state index contributed by atoms with van der Waals surface area (Å²) >= 11 is 0. The summed E-state index contributed by atoms with van der Waals surface area (Å²) < 4.78 is 21.4. The molecule has 5 heteroatoms. The molecule has 0 radical (unpaired) electrons. The SMILES string of the molecule is CC(C)(C(=O)Nc1ccccc1)S(C)(=O)=O. The van der Waals surface area contributed by atoms with Crippen LogP contribution in [0.15, 0.2) is 30.3 Å². The summed E-state index contributed by atoms with van der Waals surface area (Å²) in [7, 11) is -3.43. The fourth-order valence-electron chi connectivity index (χ4n) is 0.971. The molecule has 88 valence electrons. The Morgan fingerprint density at radius 3 is 2.12 bits per heavy atom. The zero-order chi connectivity index (χ0) is 12.4. The highest BCUT2D eigenvalue weighted by atomic mass is 32.2. The van der Waals surface area contributed by atoms with Crippen LogP contribution in [0.2, 0.25) is 0 Å². The zero-order valence-electron chi connectivity index (χ0n) is 9.52. The van der Waals surface area contributed by atoms with Crippen molar-refractivity contribution in [3.8, 4) is 0 Å². The van der Waals surface area contributed by atoms with Gasteiger partial charge in [0.25, 0.3) is 0 Å². The molecule has 4 nitrogen and oxygen atoms in total. The summed E-state index contributed by atoms with van der Waals surface area (Å²) in [4.78, 5) is 11.8. The normalized spacial score (nSPS) is 12.2. The standard InChI is InChI=1S/C11H15NO3S/c1-11(2,16(3,14)15)10(13)12-9-7-5-4-6-8-9/h4-8H,1-3H3,(H,12,13). The number of para-hydroxylation sites is 1. The number of carbonyl (C=O) groups excluding carboxylic acids is 1. The lowest BCUT2D eigenvalue weighted by Crippen LogP contribution is -2.43. The van der Waals surface area contributed by atoms with Crippen molar-refractivity contribution in [1.82, 2.24) is 0 Å². The third kappa shape index (κ3) is 2.61. The van der Waals surface area contributed by atoms with E-state index in [9.17, 15) is 13.2 Å². The summed E-state index contributed by atoms with van der Waals surface area (Å²) in [6.45, 7) is 2.78. The van der Waals surface area contributed by atoms with E-state index in [2.05, 4.69) is 5.32 Å². The Hall–Kier alpha value is -1.36. The molecule has 0 atom stereocenters. The lowest BCUT2D eigenvalue weighted by Gasteiger charge is -2.21. The molecule has 0 aliphatic heterocycles. The summed E-state index contributed by atoms with van der Waals surface area (Å²) in [5, 5.41) is 2.57. The van der Waals surface area contributed by atoms with Crippen molar-refractivity contribution in [2.45, 2.75) is 18.6 Å². The zero-order valence-corrected chi connectivity index (χ0v) is 10.3. The van der Waals surface area contributed by atoms with Crippen LogP contribution in [0.1, 0.15) is 13.8 Å². The predicted octanol–water partition coefficient (Wildman–Crippen LogP) is 1.45. The maximum atomic E-state index is 11.8. The highest BCUT2D eigenvalue weighted by Gasteiger charge is 2.38. The van der Waals surface area contributed by atoms with E-state index in [1.165, 1.54) is 13.8 Å². The largest absolute Gasteiger partial charge is 0.325 e. The fraction of sp³-hybridized carbons (Fsp3) is 0.364. The molecule has 1 aromatic rings. The van der Waals surface area contributed by atoms with Crippen molar-refractivity contribution >= 4 is 21.4 Å². The number of nitrogens with one attached hydrogen (secondary N) is 1. The molecular formula is C11H15NO3S. The Bertz CT molecular complexity index is 477. The van der Waals surface area contributed by atoms with Crippen LogP contribution in [0.3, 0.4) is 0 Å². The minimum absolute atomic E-state index is 0.527. The van der Waals surface area contributed by atoms with Gasteiger partial charge in [0.2, 0.25) is 5.91 Å². The van der Waals surface area contributed by atoms with Crippen LogP contribution in [0.4, 0.5) is 5.69 Å². The minimum Gasteiger partial charge on any atom is -0.325 e. The lowest BCUT2D eigenvalue weighted by atomic mass is 10.2. The maximum Gasteiger partial charge on any atom is 0.245 e. The molecule has 0 fully saturated rings. The fourth-order valence-corrected chi connectivity index (χ4v) is 1.36. The van der Waals surface area contributed by atoms with Gasteiger partial charge in [0, 0.05) is 11.9 Å². The van der Waals surface area contributed by atoms with Crippen LogP contribution in [-0.2, 0) is 14.6 Å². The molecule has 1 rings (SSSR count). The minimum atomic E-state index is -3.43. The van der Waals surface area contributed by atoms with E-state index in [0.29, 0.717) is 5.69 Å². The Kier molecular flexibility index (Phi) is 3.38. The Morgan fingerprint density at radius 1 is 1.19 bits per heavy atom. The first-order valence-corrected chi connectivity index (χ1v) is 6.70. The number of anilines is 1. The topological polar surface area (TPSA) is 63.2 Å². The Balaban J connectivity index is 2.90. The molecule has 0 unspecified atom stereocenters. The quantitative estimate of drug-likeness (QED) is 0.871. The van der Waals surface area contributed by atoms with Gasteiger partial charge >= 0.3 is 0 Å². The second-order valence-corrected chi connectivity index (χ2v) is 6.67. The molecule has 0 aromatic heterocycles. The second-order valence-electron chi connectivity index (χ2n) is 4.10. The molecule has 0 bridgehead atoms. The van der Waals surface area contributed by atoms with Gasteiger partial charge in [-0.1, -0.05) is 18.2 Å². The van der Waals surface area contributed by atoms with Crippen molar-refractivity contribution in [3.05, 3.63) is 30.3 Å². The van der Waals surface area contributed by atoms with Gasteiger partial charge in [-0.15, -0.1) is 0 Å². The highest BCUT2D eigenvalue weighted by molar-refractivity contribution is 7.92. The van der Waals surface area contributed by atoms with Gasteiger partial charge in [-0.2, -0.15) is 0 Å². The molecule has 1 aromatic carbocycles. The molecule has 0 aliphatic rings. The molecule has 0 saturated carbocycles. The molecule has 0 heterocycles. The van der Waals surface area contributed by atoms with E-state index in [1.54, 1.807) is 24.3 Å². The van der Waals surface area contributed by atoms with Gasteiger partial charge in [0.05, 0.1) is 0 Å². The third-order valence-corrected chi connectivity index (χ3v) is 4.54. The summed E-state index contributed by atoms with van der Waals surface area (Å²) in [6, 6.07) is 8.76. The number of hydrogen-bond acceptors (Lipinski definition) is 3. The number of sulfone groups is 1. The van der Waals surface area contributed by atoms with Crippen LogP contribution in [0.5, 0.6) is 0 Å². The van der Waals surface area contributed by atoms with E-state index in [0.717, 1.165) is 6.26 Å². The third-order valence-electron chi connectivity index (χ3n) is 2.51. The van der Waals surface area contributed by atoms with Gasteiger partial charge in [0.1, 0.15) is 4.75 Å². The van der Waals surface area contributed by atoms with Crippen molar-refractivity contribution in [2.24, 2.45) is 0 Å². The van der Waals surface area contributed by atoms with E-state index in [4.69, 9.17) is 0 Å². The molecule has 1 amide bonds. The average molecular weight is 241 g/mol. The number of benzene rings is 1. The number of hydrogen-bond donors (Lipinski definition) is 1. The smallest absolute Gasteiger partial charge is 0.245 e. The molecule has 16 heavy (non-hydrogen) atoms. The molecule has 1 N–H and O–H groups in total.